The van der Waals surface area contributed by atoms with Crippen molar-refractivity contribution >= 4 is 5.69 Å². The van der Waals surface area contributed by atoms with Crippen LogP contribution in [0.5, 0.6) is 0 Å². The predicted octanol–water partition coefficient (Wildman–Crippen LogP) is 1.38. The van der Waals surface area contributed by atoms with Crippen LogP contribution < -0.4 is 0 Å². The van der Waals surface area contributed by atoms with Crippen molar-refractivity contribution in [2.24, 2.45) is 0 Å². The molecule has 1 N–H and O–H groups in total. The Balaban J connectivity index is 2.46. The maximum atomic E-state index is 10.5. The molecule has 6 heteroatoms. The number of aromatic nitrogens is 3. The lowest BCUT2D eigenvalue weighted by Gasteiger charge is -1.94. The largest absolute Gasteiger partial charge is 0.343 e. The molecule has 0 radical (unpaired) electrons. The minimum Gasteiger partial charge on any atom is -0.343 e. The summed E-state index contributed by atoms with van der Waals surface area (Å²) in [4.78, 5) is 20.7. The van der Waals surface area contributed by atoms with Crippen LogP contribution in [0.3, 0.4) is 0 Å². The van der Waals surface area contributed by atoms with Gasteiger partial charge >= 0.3 is 0 Å². The third kappa shape index (κ3) is 1.45. The van der Waals surface area contributed by atoms with Crippen molar-refractivity contribution in [3.05, 3.63) is 40.8 Å². The van der Waals surface area contributed by atoms with E-state index in [1.54, 1.807) is 12.4 Å². The molecule has 70 valence electrons. The molecule has 6 nitrogen and oxygen atoms in total. The first kappa shape index (κ1) is 8.36. The van der Waals surface area contributed by atoms with E-state index in [9.17, 15) is 10.1 Å². The molecule has 0 atom stereocenters. The van der Waals surface area contributed by atoms with E-state index in [0.717, 1.165) is 0 Å². The Morgan fingerprint density at radius 2 is 2.21 bits per heavy atom. The van der Waals surface area contributed by atoms with Crippen molar-refractivity contribution in [2.45, 2.75) is 0 Å². The Morgan fingerprint density at radius 3 is 2.86 bits per heavy atom. The summed E-state index contributed by atoms with van der Waals surface area (Å²) in [5, 5.41) is 10.5. The van der Waals surface area contributed by atoms with Crippen LogP contribution in [0, 0.1) is 10.1 Å². The third-order valence-corrected chi connectivity index (χ3v) is 1.70. The fraction of sp³-hybridized carbons (Fsp3) is 0. The number of rotatable bonds is 2. The Bertz CT molecular complexity index is 452. The van der Waals surface area contributed by atoms with Crippen LogP contribution in [0.1, 0.15) is 0 Å². The van der Waals surface area contributed by atoms with Crippen molar-refractivity contribution in [3.63, 3.8) is 0 Å². The fourth-order valence-corrected chi connectivity index (χ4v) is 1.07. The van der Waals surface area contributed by atoms with Gasteiger partial charge in [0.15, 0.2) is 5.82 Å². The Hall–Kier alpha value is -2.24. The minimum atomic E-state index is -0.464. The van der Waals surface area contributed by atoms with Gasteiger partial charge in [-0.1, -0.05) is 0 Å². The molecule has 0 saturated carbocycles. The van der Waals surface area contributed by atoms with Crippen molar-refractivity contribution in [2.75, 3.05) is 0 Å². The molecule has 2 aromatic heterocycles. The first-order chi connectivity index (χ1) is 6.77. The SMILES string of the molecule is O=[N+]([O-])c1ccnc(-c2ncc[nH]2)c1. The van der Waals surface area contributed by atoms with Crippen LogP contribution in [0.2, 0.25) is 0 Å². The molecule has 0 aliphatic rings. The number of aromatic amines is 1. The molecule has 0 spiro atoms. The van der Waals surface area contributed by atoms with Gasteiger partial charge in [-0.2, -0.15) is 0 Å². The van der Waals surface area contributed by atoms with Crippen LogP contribution in [0.4, 0.5) is 5.69 Å². The van der Waals surface area contributed by atoms with E-state index in [0.29, 0.717) is 11.5 Å². The second-order valence-corrected chi connectivity index (χ2v) is 2.59. The molecule has 2 rings (SSSR count). The summed E-state index contributed by atoms with van der Waals surface area (Å²) in [6.07, 6.45) is 4.58. The summed E-state index contributed by atoms with van der Waals surface area (Å²) in [5.41, 5.74) is 0.468. The molecular formula is C8H6N4O2. The van der Waals surface area contributed by atoms with Gasteiger partial charge in [-0.15, -0.1) is 0 Å². The number of pyridine rings is 1. The quantitative estimate of drug-likeness (QED) is 0.572. The van der Waals surface area contributed by atoms with Gasteiger partial charge in [0, 0.05) is 30.7 Å². The number of hydrogen-bond donors (Lipinski definition) is 1. The van der Waals surface area contributed by atoms with E-state index in [-0.39, 0.29) is 5.69 Å². The van der Waals surface area contributed by atoms with E-state index in [2.05, 4.69) is 15.0 Å². The summed E-state index contributed by atoms with van der Waals surface area (Å²) < 4.78 is 0. The van der Waals surface area contributed by atoms with Crippen molar-refractivity contribution in [1.29, 1.82) is 0 Å². The van der Waals surface area contributed by atoms with Gasteiger partial charge in [-0.05, 0) is 0 Å². The average molecular weight is 190 g/mol. The molecular weight excluding hydrogens is 184 g/mol. The zero-order valence-corrected chi connectivity index (χ0v) is 7.04. The fourth-order valence-electron chi connectivity index (χ4n) is 1.07. The van der Waals surface area contributed by atoms with Crippen molar-refractivity contribution < 1.29 is 4.92 Å². The van der Waals surface area contributed by atoms with Crippen LogP contribution in [-0.4, -0.2) is 19.9 Å². The molecule has 2 heterocycles. The van der Waals surface area contributed by atoms with Crippen LogP contribution in [0.15, 0.2) is 30.7 Å². The number of nitrogens with zero attached hydrogens (tertiary/aromatic N) is 3. The standard InChI is InChI=1S/C8H6N4O2/c13-12(14)6-1-2-9-7(5-6)8-10-3-4-11-8/h1-5H,(H,10,11). The molecule has 14 heavy (non-hydrogen) atoms. The summed E-state index contributed by atoms with van der Waals surface area (Å²) in [7, 11) is 0. The summed E-state index contributed by atoms with van der Waals surface area (Å²) >= 11 is 0. The van der Waals surface area contributed by atoms with Crippen LogP contribution in [0.25, 0.3) is 11.5 Å². The van der Waals surface area contributed by atoms with Gasteiger partial charge in [-0.3, -0.25) is 15.1 Å². The molecule has 0 fully saturated rings. The second kappa shape index (κ2) is 3.25. The highest BCUT2D eigenvalue weighted by Crippen LogP contribution is 2.17. The Kier molecular flexibility index (Phi) is 1.94. The molecule has 2 aromatic rings. The lowest BCUT2D eigenvalue weighted by atomic mass is 10.3. The zero-order chi connectivity index (χ0) is 9.97. The van der Waals surface area contributed by atoms with E-state index < -0.39 is 4.92 Å². The zero-order valence-electron chi connectivity index (χ0n) is 7.04. The number of imidazole rings is 1. The topological polar surface area (TPSA) is 84.7 Å². The number of nitrogens with one attached hydrogen (secondary N) is 1. The lowest BCUT2D eigenvalue weighted by molar-refractivity contribution is -0.384. The molecule has 0 aromatic carbocycles. The van der Waals surface area contributed by atoms with Gasteiger partial charge in [-0.25, -0.2) is 4.98 Å². The van der Waals surface area contributed by atoms with Crippen LogP contribution >= 0.6 is 0 Å². The van der Waals surface area contributed by atoms with E-state index in [4.69, 9.17) is 0 Å². The second-order valence-electron chi connectivity index (χ2n) is 2.59. The predicted molar refractivity (Wildman–Crippen MR) is 48.5 cm³/mol. The van der Waals surface area contributed by atoms with Gasteiger partial charge in [0.1, 0.15) is 5.69 Å². The first-order valence-corrected chi connectivity index (χ1v) is 3.87. The number of hydrogen-bond acceptors (Lipinski definition) is 4. The van der Waals surface area contributed by atoms with E-state index in [1.165, 1.54) is 18.3 Å². The van der Waals surface area contributed by atoms with Crippen molar-refractivity contribution in [1.82, 2.24) is 15.0 Å². The molecule has 0 unspecified atom stereocenters. The molecule has 0 aliphatic heterocycles. The maximum absolute atomic E-state index is 10.5. The van der Waals surface area contributed by atoms with E-state index in [1.807, 2.05) is 0 Å². The molecule has 0 saturated heterocycles. The number of nitro groups is 1. The van der Waals surface area contributed by atoms with E-state index >= 15 is 0 Å². The highest BCUT2D eigenvalue weighted by molar-refractivity contribution is 5.53. The maximum Gasteiger partial charge on any atom is 0.273 e. The minimum absolute atomic E-state index is 0.00593. The van der Waals surface area contributed by atoms with Crippen LogP contribution in [-0.2, 0) is 0 Å². The molecule has 0 aliphatic carbocycles. The van der Waals surface area contributed by atoms with Gasteiger partial charge in [0.05, 0.1) is 4.92 Å². The number of H-pyrrole nitrogens is 1. The molecule has 0 amide bonds. The highest BCUT2D eigenvalue weighted by atomic mass is 16.6. The summed E-state index contributed by atoms with van der Waals surface area (Å²) in [5.74, 6) is 0.522. The summed E-state index contributed by atoms with van der Waals surface area (Å²) in [6.45, 7) is 0. The third-order valence-electron chi connectivity index (χ3n) is 1.70. The Labute approximate surface area is 78.8 Å². The van der Waals surface area contributed by atoms with Gasteiger partial charge in [0.2, 0.25) is 0 Å². The van der Waals surface area contributed by atoms with Crippen molar-refractivity contribution in [3.8, 4) is 11.5 Å². The van der Waals surface area contributed by atoms with Gasteiger partial charge in [0.25, 0.3) is 5.69 Å². The lowest BCUT2D eigenvalue weighted by Crippen LogP contribution is -1.91. The van der Waals surface area contributed by atoms with Gasteiger partial charge < -0.3 is 4.98 Å². The first-order valence-electron chi connectivity index (χ1n) is 3.87. The molecule has 0 bridgehead atoms. The summed E-state index contributed by atoms with van der Waals surface area (Å²) in [6, 6.07) is 2.71. The Morgan fingerprint density at radius 1 is 1.36 bits per heavy atom. The normalized spacial score (nSPS) is 10.0. The average Bonchev–Trinajstić information content (AvgIpc) is 2.71. The smallest absolute Gasteiger partial charge is 0.273 e. The monoisotopic (exact) mass is 190 g/mol. The highest BCUT2D eigenvalue weighted by Gasteiger charge is 2.08.